The number of aromatic hydroxyl groups is 1. The third kappa shape index (κ3) is 4.57. The summed E-state index contributed by atoms with van der Waals surface area (Å²) in [5.41, 5.74) is 2.64. The first kappa shape index (κ1) is 21.2. The molecule has 1 aliphatic heterocycles. The zero-order valence-corrected chi connectivity index (χ0v) is 18.3. The molecule has 1 heterocycles. The number of benzene rings is 2. The van der Waals surface area contributed by atoms with Crippen LogP contribution in [0.15, 0.2) is 47.4 Å². The van der Waals surface area contributed by atoms with Gasteiger partial charge in [0.15, 0.2) is 15.8 Å². The molecule has 1 aliphatic rings. The van der Waals surface area contributed by atoms with Crippen molar-refractivity contribution in [2.45, 2.75) is 20.8 Å². The Kier molecular flexibility index (Phi) is 6.82. The van der Waals surface area contributed by atoms with Crippen molar-refractivity contribution in [2.24, 2.45) is 0 Å². The van der Waals surface area contributed by atoms with Crippen molar-refractivity contribution < 1.29 is 14.6 Å². The summed E-state index contributed by atoms with van der Waals surface area (Å²) >= 11 is 6.73. The van der Waals surface area contributed by atoms with E-state index in [1.807, 2.05) is 31.2 Å². The van der Waals surface area contributed by atoms with E-state index >= 15 is 0 Å². The van der Waals surface area contributed by atoms with E-state index < -0.39 is 0 Å². The van der Waals surface area contributed by atoms with E-state index in [1.165, 1.54) is 11.8 Å². The molecule has 0 bridgehead atoms. The second-order valence-corrected chi connectivity index (χ2v) is 8.04. The molecule has 3 rings (SSSR count). The molecule has 0 aliphatic carbocycles. The summed E-state index contributed by atoms with van der Waals surface area (Å²) in [4.78, 5) is 17.3. The summed E-state index contributed by atoms with van der Waals surface area (Å²) in [6.07, 6.45) is 1.77. The van der Waals surface area contributed by atoms with Gasteiger partial charge in [-0.1, -0.05) is 30.0 Å². The summed E-state index contributed by atoms with van der Waals surface area (Å²) in [5, 5.41) is 9.86. The molecule has 0 aromatic heterocycles. The Morgan fingerprint density at radius 3 is 2.45 bits per heavy atom. The van der Waals surface area contributed by atoms with E-state index in [-0.39, 0.29) is 11.7 Å². The van der Waals surface area contributed by atoms with Crippen LogP contribution < -0.4 is 14.5 Å². The normalized spacial score (nSPS) is 15.3. The third-order valence-corrected chi connectivity index (χ3v) is 5.91. The molecule has 1 saturated heterocycles. The number of phenols is 1. The van der Waals surface area contributed by atoms with Gasteiger partial charge in [0.1, 0.15) is 0 Å². The zero-order valence-electron chi connectivity index (χ0n) is 16.7. The Hall–Kier alpha value is -2.51. The molecule has 0 unspecified atom stereocenters. The van der Waals surface area contributed by atoms with E-state index in [4.69, 9.17) is 17.0 Å². The van der Waals surface area contributed by atoms with Crippen LogP contribution >= 0.6 is 24.0 Å². The van der Waals surface area contributed by atoms with Gasteiger partial charge in [-0.15, -0.1) is 0 Å². The average Bonchev–Trinajstić information content (AvgIpc) is 2.99. The van der Waals surface area contributed by atoms with Crippen LogP contribution in [0, 0.1) is 0 Å². The van der Waals surface area contributed by atoms with Crippen molar-refractivity contribution in [1.82, 2.24) is 0 Å². The van der Waals surface area contributed by atoms with Gasteiger partial charge in [-0.2, -0.15) is 0 Å². The quantitative estimate of drug-likeness (QED) is 0.492. The number of rotatable bonds is 7. The molecule has 1 fully saturated rings. The maximum Gasteiger partial charge on any atom is 0.270 e. The maximum absolute atomic E-state index is 13.0. The summed E-state index contributed by atoms with van der Waals surface area (Å²) in [7, 11) is 0. The van der Waals surface area contributed by atoms with Gasteiger partial charge in [-0.3, -0.25) is 9.69 Å². The van der Waals surface area contributed by atoms with Crippen molar-refractivity contribution in [1.29, 1.82) is 0 Å². The maximum atomic E-state index is 13.0. The van der Waals surface area contributed by atoms with E-state index in [0.717, 1.165) is 30.0 Å². The van der Waals surface area contributed by atoms with Gasteiger partial charge >= 0.3 is 0 Å². The van der Waals surface area contributed by atoms with Crippen molar-refractivity contribution in [3.8, 4) is 11.5 Å². The van der Waals surface area contributed by atoms with Gasteiger partial charge in [-0.05, 0) is 68.8 Å². The van der Waals surface area contributed by atoms with Crippen LogP contribution in [0.3, 0.4) is 0 Å². The molecule has 1 amide bonds. The molecule has 7 heteroatoms. The predicted octanol–water partition coefficient (Wildman–Crippen LogP) is 5.04. The summed E-state index contributed by atoms with van der Waals surface area (Å²) < 4.78 is 5.92. The molecule has 5 nitrogen and oxygen atoms in total. The average molecular weight is 429 g/mol. The fourth-order valence-electron chi connectivity index (χ4n) is 3.13. The van der Waals surface area contributed by atoms with Gasteiger partial charge in [0.05, 0.1) is 17.2 Å². The smallest absolute Gasteiger partial charge is 0.270 e. The molecule has 0 saturated carbocycles. The molecule has 1 N–H and O–H groups in total. The molecule has 2 aromatic carbocycles. The topological polar surface area (TPSA) is 53.0 Å². The number of hydrogen-bond donors (Lipinski definition) is 1. The Morgan fingerprint density at radius 2 is 1.83 bits per heavy atom. The predicted molar refractivity (Wildman–Crippen MR) is 125 cm³/mol. The molecule has 0 spiro atoms. The van der Waals surface area contributed by atoms with Gasteiger partial charge in [0.2, 0.25) is 0 Å². The molecular formula is C22H24N2O3S2. The molecule has 29 heavy (non-hydrogen) atoms. The van der Waals surface area contributed by atoms with Crippen LogP contribution in [0.4, 0.5) is 11.4 Å². The lowest BCUT2D eigenvalue weighted by molar-refractivity contribution is -0.113. The first-order valence-electron chi connectivity index (χ1n) is 9.57. The minimum Gasteiger partial charge on any atom is -0.504 e. The Labute approximate surface area is 181 Å². The summed E-state index contributed by atoms with van der Waals surface area (Å²) in [6.45, 7) is 8.38. The second-order valence-electron chi connectivity index (χ2n) is 6.37. The first-order chi connectivity index (χ1) is 14.0. The van der Waals surface area contributed by atoms with E-state index in [0.29, 0.717) is 21.6 Å². The van der Waals surface area contributed by atoms with Gasteiger partial charge in [0, 0.05) is 18.8 Å². The van der Waals surface area contributed by atoms with E-state index in [2.05, 4.69) is 18.7 Å². The molecule has 152 valence electrons. The van der Waals surface area contributed by atoms with E-state index in [9.17, 15) is 9.90 Å². The zero-order chi connectivity index (χ0) is 21.0. The summed E-state index contributed by atoms with van der Waals surface area (Å²) in [5.74, 6) is 0.315. The number of amides is 1. The molecule has 0 radical (unpaired) electrons. The number of phenolic OH excluding ortho intramolecular Hbond substituents is 1. The van der Waals surface area contributed by atoms with Crippen LogP contribution in [-0.4, -0.2) is 35.0 Å². The number of carbonyl (C=O) groups is 1. The summed E-state index contributed by atoms with van der Waals surface area (Å²) in [6, 6.07) is 12.9. The monoisotopic (exact) mass is 428 g/mol. The molecular weight excluding hydrogens is 404 g/mol. The fourth-order valence-corrected chi connectivity index (χ4v) is 4.43. The lowest BCUT2D eigenvalue weighted by atomic mass is 10.2. The number of thioether (sulfide) groups is 1. The van der Waals surface area contributed by atoms with Crippen molar-refractivity contribution in [3.05, 3.63) is 52.9 Å². The van der Waals surface area contributed by atoms with Crippen LogP contribution in [0.5, 0.6) is 11.5 Å². The second kappa shape index (κ2) is 9.33. The third-order valence-electron chi connectivity index (χ3n) is 4.61. The lowest BCUT2D eigenvalue weighted by Crippen LogP contribution is -2.27. The van der Waals surface area contributed by atoms with Gasteiger partial charge < -0.3 is 14.7 Å². The Morgan fingerprint density at radius 1 is 1.14 bits per heavy atom. The minimum atomic E-state index is -0.151. The SMILES string of the molecule is CCOc1cc(/C=C2/SC(=S)N(c3ccc(N(CC)CC)cc3)C2=O)ccc1O. The van der Waals surface area contributed by atoms with Crippen LogP contribution in [-0.2, 0) is 4.79 Å². The first-order valence-corrected chi connectivity index (χ1v) is 10.8. The van der Waals surface area contributed by atoms with Crippen molar-refractivity contribution in [3.63, 3.8) is 0 Å². The Balaban J connectivity index is 1.84. The number of nitrogens with zero attached hydrogens (tertiary/aromatic N) is 2. The van der Waals surface area contributed by atoms with E-state index in [1.54, 1.807) is 29.2 Å². The van der Waals surface area contributed by atoms with Crippen LogP contribution in [0.2, 0.25) is 0 Å². The van der Waals surface area contributed by atoms with Crippen molar-refractivity contribution >= 4 is 51.7 Å². The Bertz CT molecular complexity index is 938. The fraction of sp³-hybridized carbons (Fsp3) is 0.273. The minimum absolute atomic E-state index is 0.0739. The van der Waals surface area contributed by atoms with Crippen molar-refractivity contribution in [2.75, 3.05) is 29.5 Å². The van der Waals surface area contributed by atoms with Crippen LogP contribution in [0.25, 0.3) is 6.08 Å². The highest BCUT2D eigenvalue weighted by Crippen LogP contribution is 2.37. The number of hydrogen-bond acceptors (Lipinski definition) is 6. The highest BCUT2D eigenvalue weighted by Gasteiger charge is 2.33. The largest absolute Gasteiger partial charge is 0.504 e. The van der Waals surface area contributed by atoms with Crippen LogP contribution in [0.1, 0.15) is 26.3 Å². The highest BCUT2D eigenvalue weighted by molar-refractivity contribution is 8.27. The number of anilines is 2. The lowest BCUT2D eigenvalue weighted by Gasteiger charge is -2.22. The highest BCUT2D eigenvalue weighted by atomic mass is 32.2. The van der Waals surface area contributed by atoms with Gasteiger partial charge in [0.25, 0.3) is 5.91 Å². The standard InChI is InChI=1S/C22H24N2O3S2/c1-4-23(5-2)16-8-10-17(11-9-16)24-21(26)20(29-22(24)28)14-15-7-12-18(25)19(13-15)27-6-3/h7-14,25H,4-6H2,1-3H3/b20-14+. The molecule has 2 aromatic rings. The number of ether oxygens (including phenoxy) is 1. The molecule has 0 atom stereocenters. The van der Waals surface area contributed by atoms with Gasteiger partial charge in [-0.25, -0.2) is 0 Å². The number of thiocarbonyl (C=S) groups is 1. The number of carbonyl (C=O) groups excluding carboxylic acids is 1.